The van der Waals surface area contributed by atoms with Gasteiger partial charge in [-0.05, 0) is 6.42 Å². The Balaban J connectivity index is 1.78. The third kappa shape index (κ3) is 4.87. The smallest absolute Gasteiger partial charge is 0.187 e. The summed E-state index contributed by atoms with van der Waals surface area (Å²) in [6, 6.07) is -2.69. The van der Waals surface area contributed by atoms with Crippen LogP contribution in [-0.2, 0) is 18.9 Å². The van der Waals surface area contributed by atoms with E-state index < -0.39 is 92.2 Å². The molecule has 3 rings (SSSR count). The lowest BCUT2D eigenvalue weighted by atomic mass is 9.84. The first-order valence-corrected chi connectivity index (χ1v) is 10.2. The van der Waals surface area contributed by atoms with Gasteiger partial charge in [-0.1, -0.05) is 0 Å². The summed E-state index contributed by atoms with van der Waals surface area (Å²) in [5.41, 5.74) is 23.5. The first-order valence-electron chi connectivity index (χ1n) is 10.2. The summed E-state index contributed by atoms with van der Waals surface area (Å²) in [5.74, 6) is 0. The molecule has 1 aliphatic carbocycles. The molecule has 31 heavy (non-hydrogen) atoms. The van der Waals surface area contributed by atoms with Gasteiger partial charge in [-0.25, -0.2) is 0 Å². The molecule has 14 N–H and O–H groups in total. The zero-order valence-electron chi connectivity index (χ0n) is 16.8. The molecule has 0 spiro atoms. The van der Waals surface area contributed by atoms with Crippen molar-refractivity contribution in [3.63, 3.8) is 0 Å². The second-order valence-corrected chi connectivity index (χ2v) is 8.30. The Kier molecular flexibility index (Phi) is 8.21. The van der Waals surface area contributed by atoms with Gasteiger partial charge in [-0.15, -0.1) is 0 Å². The molecule has 0 aromatic carbocycles. The van der Waals surface area contributed by atoms with Gasteiger partial charge in [0.2, 0.25) is 0 Å². The monoisotopic (exact) mass is 454 g/mol. The molecule has 2 saturated heterocycles. The lowest BCUT2D eigenvalue weighted by molar-refractivity contribution is -0.315. The zero-order chi connectivity index (χ0) is 23.0. The van der Waals surface area contributed by atoms with Gasteiger partial charge in [0.15, 0.2) is 12.6 Å². The second kappa shape index (κ2) is 10.1. The van der Waals surface area contributed by atoms with Crippen LogP contribution in [0.25, 0.3) is 0 Å². The predicted molar refractivity (Wildman–Crippen MR) is 102 cm³/mol. The van der Waals surface area contributed by atoms with E-state index in [1.807, 2.05) is 0 Å². The van der Waals surface area contributed by atoms with Crippen LogP contribution in [0.5, 0.6) is 0 Å². The Morgan fingerprint density at radius 3 is 1.87 bits per heavy atom. The maximum absolute atomic E-state index is 10.6. The molecule has 0 amide bonds. The highest BCUT2D eigenvalue weighted by molar-refractivity contribution is 5.01. The second-order valence-electron chi connectivity index (χ2n) is 8.30. The highest BCUT2D eigenvalue weighted by Crippen LogP contribution is 2.32. The minimum Gasteiger partial charge on any atom is -0.394 e. The summed E-state index contributed by atoms with van der Waals surface area (Å²) < 4.78 is 22.4. The molecular formula is C17H34N4O10. The van der Waals surface area contributed by atoms with Crippen LogP contribution >= 0.6 is 0 Å². The van der Waals surface area contributed by atoms with Crippen LogP contribution in [0, 0.1) is 0 Å². The Morgan fingerprint density at radius 2 is 1.29 bits per heavy atom. The van der Waals surface area contributed by atoms with Crippen LogP contribution in [0.4, 0.5) is 0 Å². The van der Waals surface area contributed by atoms with Crippen molar-refractivity contribution in [1.82, 2.24) is 0 Å². The van der Waals surface area contributed by atoms with Gasteiger partial charge in [0.1, 0.15) is 42.7 Å². The Bertz CT molecular complexity index is 591. The van der Waals surface area contributed by atoms with Crippen molar-refractivity contribution in [3.05, 3.63) is 0 Å². The summed E-state index contributed by atoms with van der Waals surface area (Å²) in [7, 11) is 0. The van der Waals surface area contributed by atoms with Gasteiger partial charge in [-0.2, -0.15) is 0 Å². The summed E-state index contributed by atoms with van der Waals surface area (Å²) in [6.07, 6.45) is -13.9. The molecule has 3 aliphatic rings. The molecule has 2 aliphatic heterocycles. The predicted octanol–water partition coefficient (Wildman–Crippen LogP) is -6.65. The average Bonchev–Trinajstić information content (AvgIpc) is 3.02. The highest BCUT2D eigenvalue weighted by Gasteiger charge is 2.52. The van der Waals surface area contributed by atoms with E-state index in [-0.39, 0.29) is 13.0 Å². The largest absolute Gasteiger partial charge is 0.394 e. The van der Waals surface area contributed by atoms with Crippen molar-refractivity contribution in [1.29, 1.82) is 0 Å². The van der Waals surface area contributed by atoms with Gasteiger partial charge >= 0.3 is 0 Å². The fraction of sp³-hybridized carbons (Fsp3) is 1.00. The average molecular weight is 454 g/mol. The molecule has 9 unspecified atom stereocenters. The first-order chi connectivity index (χ1) is 14.6. The van der Waals surface area contributed by atoms with Crippen LogP contribution in [0.15, 0.2) is 0 Å². The fourth-order valence-electron chi connectivity index (χ4n) is 4.17. The maximum atomic E-state index is 10.6. The van der Waals surface area contributed by atoms with Gasteiger partial charge in [0, 0.05) is 18.6 Å². The molecule has 1 saturated carbocycles. The Labute approximate surface area is 178 Å². The normalized spacial score (nSPS) is 53.6. The minimum atomic E-state index is -1.51. The van der Waals surface area contributed by atoms with Crippen molar-refractivity contribution in [3.8, 4) is 0 Å². The summed E-state index contributed by atoms with van der Waals surface area (Å²) in [5, 5.41) is 60.5. The number of ether oxygens (including phenoxy) is 4. The molecule has 14 heteroatoms. The Hall–Kier alpha value is -0.560. The zero-order valence-corrected chi connectivity index (χ0v) is 16.8. The molecule has 2 heterocycles. The van der Waals surface area contributed by atoms with E-state index in [1.165, 1.54) is 0 Å². The van der Waals surface area contributed by atoms with Crippen molar-refractivity contribution in [2.45, 2.75) is 92.1 Å². The number of aliphatic hydroxyl groups excluding tert-OH is 6. The molecule has 182 valence electrons. The van der Waals surface area contributed by atoms with Gasteiger partial charge in [0.05, 0.1) is 24.9 Å². The van der Waals surface area contributed by atoms with Crippen molar-refractivity contribution in [2.75, 3.05) is 13.2 Å². The van der Waals surface area contributed by atoms with Crippen molar-refractivity contribution < 1.29 is 49.6 Å². The maximum Gasteiger partial charge on any atom is 0.187 e. The van der Waals surface area contributed by atoms with E-state index in [0.717, 1.165) is 0 Å². The van der Waals surface area contributed by atoms with Crippen LogP contribution in [0.3, 0.4) is 0 Å². The van der Waals surface area contributed by atoms with Gasteiger partial charge < -0.3 is 72.5 Å². The van der Waals surface area contributed by atoms with Gasteiger partial charge in [0.25, 0.3) is 0 Å². The van der Waals surface area contributed by atoms with E-state index in [1.54, 1.807) is 0 Å². The van der Waals surface area contributed by atoms with E-state index in [4.69, 9.17) is 41.9 Å². The molecule has 0 aromatic heterocycles. The third-order valence-corrected chi connectivity index (χ3v) is 6.14. The first kappa shape index (κ1) is 25.1. The lowest BCUT2D eigenvalue weighted by Gasteiger charge is -2.47. The summed E-state index contributed by atoms with van der Waals surface area (Å²) >= 11 is 0. The SMILES string of the molecule is NCC1O[C@H](OC2C(N)CC(N)C(O)[C@H]2O[C@@H]2O[C@H](CO)C(O)C2O)C(O)C(N)[C@@H]1O. The summed E-state index contributed by atoms with van der Waals surface area (Å²) in [4.78, 5) is 0. The molecule has 14 atom stereocenters. The Morgan fingerprint density at radius 1 is 0.710 bits per heavy atom. The third-order valence-electron chi connectivity index (χ3n) is 6.14. The van der Waals surface area contributed by atoms with Crippen molar-refractivity contribution >= 4 is 0 Å². The fourth-order valence-corrected chi connectivity index (χ4v) is 4.17. The molecule has 0 radical (unpaired) electrons. The van der Waals surface area contributed by atoms with Gasteiger partial charge in [-0.3, -0.25) is 0 Å². The highest BCUT2D eigenvalue weighted by atomic mass is 16.7. The van der Waals surface area contributed by atoms with Crippen LogP contribution in [-0.4, -0.2) is 129 Å². The van der Waals surface area contributed by atoms with Crippen LogP contribution < -0.4 is 22.9 Å². The molecular weight excluding hydrogens is 420 g/mol. The van der Waals surface area contributed by atoms with Crippen LogP contribution in [0.1, 0.15) is 6.42 Å². The number of hydrogen-bond donors (Lipinski definition) is 10. The number of nitrogens with two attached hydrogens (primary N) is 4. The van der Waals surface area contributed by atoms with E-state index in [0.29, 0.717) is 0 Å². The van der Waals surface area contributed by atoms with E-state index >= 15 is 0 Å². The molecule has 3 fully saturated rings. The number of rotatable bonds is 6. The van der Waals surface area contributed by atoms with Crippen molar-refractivity contribution in [2.24, 2.45) is 22.9 Å². The van der Waals surface area contributed by atoms with E-state index in [2.05, 4.69) is 0 Å². The number of hydrogen-bond acceptors (Lipinski definition) is 14. The molecule has 0 aromatic rings. The van der Waals surface area contributed by atoms with Crippen LogP contribution in [0.2, 0.25) is 0 Å². The number of aliphatic hydroxyl groups is 6. The molecule has 14 nitrogen and oxygen atoms in total. The standard InChI is InChI=1S/C17H34N4O10/c18-2-6-10(24)8(21)12(26)16(28-6)30-14-5(20)1-4(19)9(23)15(14)31-17-13(27)11(25)7(3-22)29-17/h4-17,22-27H,1-3,18-21H2/t4?,5?,6?,7-,8?,9?,10-,11?,12?,13?,14?,15-,16-,17+/m1/s1. The molecule has 0 bridgehead atoms. The minimum absolute atomic E-state index is 0.0891. The van der Waals surface area contributed by atoms with E-state index in [9.17, 15) is 30.6 Å². The quantitative estimate of drug-likeness (QED) is 0.179. The lowest BCUT2D eigenvalue weighted by Crippen LogP contribution is -2.68. The topological polar surface area (TPSA) is 262 Å². The summed E-state index contributed by atoms with van der Waals surface area (Å²) in [6.45, 7) is -0.652.